The van der Waals surface area contributed by atoms with Crippen molar-refractivity contribution in [2.75, 3.05) is 33.0 Å². The van der Waals surface area contributed by atoms with Gasteiger partial charge in [-0.2, -0.15) is 0 Å². The highest BCUT2D eigenvalue weighted by Crippen LogP contribution is 2.41. The van der Waals surface area contributed by atoms with Gasteiger partial charge in [0.05, 0.1) is 4.70 Å². The Morgan fingerprint density at radius 3 is 2.86 bits per heavy atom. The molecule has 0 fully saturated rings. The summed E-state index contributed by atoms with van der Waals surface area (Å²) in [6.07, 6.45) is 0. The van der Waals surface area contributed by atoms with Crippen LogP contribution in [0.5, 0.6) is 5.75 Å². The van der Waals surface area contributed by atoms with E-state index in [1.807, 2.05) is 32.3 Å². The molecule has 1 aromatic carbocycles. The number of carbonyl (C=O) groups is 1. The van der Waals surface area contributed by atoms with Crippen LogP contribution >= 0.6 is 11.3 Å². The van der Waals surface area contributed by atoms with E-state index in [0.717, 1.165) is 27.1 Å². The van der Waals surface area contributed by atoms with E-state index in [-0.39, 0.29) is 5.76 Å². The third-order valence-corrected chi connectivity index (χ3v) is 4.51. The fourth-order valence-electron chi connectivity index (χ4n) is 2.21. The minimum absolute atomic E-state index is 0.0226. The Labute approximate surface area is 131 Å². The molecule has 0 spiro atoms. The van der Waals surface area contributed by atoms with Gasteiger partial charge in [-0.05, 0) is 32.3 Å². The third-order valence-electron chi connectivity index (χ3n) is 3.34. The normalized spacial score (nSPS) is 11.6. The van der Waals surface area contributed by atoms with Gasteiger partial charge in [0, 0.05) is 16.6 Å². The lowest BCUT2D eigenvalue weighted by atomic mass is 10.2. The molecule has 6 nitrogen and oxygen atoms in total. The minimum Gasteiger partial charge on any atom is -0.492 e. The summed E-state index contributed by atoms with van der Waals surface area (Å²) in [5.74, 6) is 0.166. The summed E-state index contributed by atoms with van der Waals surface area (Å²) in [5.41, 5.74) is 12.1. The van der Waals surface area contributed by atoms with Crippen LogP contribution in [0.15, 0.2) is 22.6 Å². The number of nitrogens with zero attached hydrogens (tertiary/aromatic N) is 1. The summed E-state index contributed by atoms with van der Waals surface area (Å²) in [6.45, 7) is 1.47. The molecular weight excluding hydrogens is 302 g/mol. The van der Waals surface area contributed by atoms with Crippen LogP contribution in [-0.2, 0) is 0 Å². The zero-order chi connectivity index (χ0) is 15.9. The summed E-state index contributed by atoms with van der Waals surface area (Å²) < 4.78 is 13.0. The number of likely N-dealkylation sites (N-methyl/N-ethyl adjacent to an activating group) is 1. The first kappa shape index (κ1) is 14.7. The number of furan rings is 1. The SMILES string of the molecule is CN(C)CCOc1ccc2c(c1)sc1c(N)c(C(N)=O)oc12. The van der Waals surface area contributed by atoms with Gasteiger partial charge in [-0.3, -0.25) is 4.79 Å². The van der Waals surface area contributed by atoms with Crippen LogP contribution in [0.4, 0.5) is 5.69 Å². The van der Waals surface area contributed by atoms with Crippen LogP contribution < -0.4 is 16.2 Å². The van der Waals surface area contributed by atoms with E-state index in [1.165, 1.54) is 11.3 Å². The van der Waals surface area contributed by atoms with Crippen molar-refractivity contribution in [1.82, 2.24) is 4.90 Å². The second-order valence-electron chi connectivity index (χ2n) is 5.28. The number of hydrogen-bond donors (Lipinski definition) is 2. The first-order valence-corrected chi connectivity index (χ1v) is 7.61. The fraction of sp³-hybridized carbons (Fsp3) is 0.267. The number of ether oxygens (including phenoxy) is 1. The summed E-state index contributed by atoms with van der Waals surface area (Å²) in [5, 5.41) is 0.902. The lowest BCUT2D eigenvalue weighted by Crippen LogP contribution is -2.19. The largest absolute Gasteiger partial charge is 0.492 e. The Kier molecular flexibility index (Phi) is 3.67. The number of thiophene rings is 1. The molecule has 0 saturated carbocycles. The van der Waals surface area contributed by atoms with Gasteiger partial charge in [-0.1, -0.05) is 0 Å². The smallest absolute Gasteiger partial charge is 0.286 e. The topological polar surface area (TPSA) is 94.7 Å². The molecule has 2 aromatic heterocycles. The van der Waals surface area contributed by atoms with Crippen molar-refractivity contribution in [3.05, 3.63) is 24.0 Å². The van der Waals surface area contributed by atoms with Gasteiger partial charge in [-0.15, -0.1) is 11.3 Å². The molecule has 1 amide bonds. The Hall–Kier alpha value is -2.25. The van der Waals surface area contributed by atoms with Crippen molar-refractivity contribution in [2.24, 2.45) is 5.73 Å². The van der Waals surface area contributed by atoms with Crippen molar-refractivity contribution in [1.29, 1.82) is 0 Å². The number of amides is 1. The lowest BCUT2D eigenvalue weighted by Gasteiger charge is -2.10. The summed E-state index contributed by atoms with van der Waals surface area (Å²) in [4.78, 5) is 13.3. The van der Waals surface area contributed by atoms with E-state index in [0.29, 0.717) is 17.9 Å². The Bertz CT molecular complexity index is 851. The third kappa shape index (κ3) is 2.49. The quantitative estimate of drug-likeness (QED) is 0.752. The standard InChI is InChI=1S/C15H17N3O3S/c1-18(2)5-6-20-8-3-4-9-10(7-8)22-14-11(16)13(15(17)19)21-12(9)14/h3-4,7H,5-6,16H2,1-2H3,(H2,17,19). The number of rotatable bonds is 5. The molecule has 0 atom stereocenters. The lowest BCUT2D eigenvalue weighted by molar-refractivity contribution is 0.0977. The molecule has 3 aromatic rings. The second-order valence-corrected chi connectivity index (χ2v) is 6.33. The van der Waals surface area contributed by atoms with E-state index in [2.05, 4.69) is 4.90 Å². The van der Waals surface area contributed by atoms with Crippen molar-refractivity contribution < 1.29 is 13.9 Å². The van der Waals surface area contributed by atoms with E-state index >= 15 is 0 Å². The van der Waals surface area contributed by atoms with Crippen LogP contribution in [0.1, 0.15) is 10.6 Å². The van der Waals surface area contributed by atoms with Gasteiger partial charge >= 0.3 is 0 Å². The van der Waals surface area contributed by atoms with Crippen LogP contribution in [0.3, 0.4) is 0 Å². The number of nitrogen functional groups attached to an aromatic ring is 1. The molecular formula is C15H17N3O3S. The number of carbonyl (C=O) groups excluding carboxylic acids is 1. The summed E-state index contributed by atoms with van der Waals surface area (Å²) in [7, 11) is 4.00. The predicted molar refractivity (Wildman–Crippen MR) is 88.6 cm³/mol. The van der Waals surface area contributed by atoms with Crippen molar-refractivity contribution in [3.63, 3.8) is 0 Å². The molecule has 22 heavy (non-hydrogen) atoms. The monoisotopic (exact) mass is 319 g/mol. The van der Waals surface area contributed by atoms with Crippen molar-refractivity contribution in [2.45, 2.75) is 0 Å². The fourth-order valence-corrected chi connectivity index (χ4v) is 3.32. The summed E-state index contributed by atoms with van der Waals surface area (Å²) in [6, 6.07) is 5.74. The molecule has 7 heteroatoms. The Balaban J connectivity index is 1.96. The molecule has 3 rings (SSSR count). The van der Waals surface area contributed by atoms with Crippen LogP contribution in [0.25, 0.3) is 20.4 Å². The molecule has 0 radical (unpaired) electrons. The van der Waals surface area contributed by atoms with Crippen molar-refractivity contribution >= 4 is 43.3 Å². The molecule has 4 N–H and O–H groups in total. The van der Waals surface area contributed by atoms with Crippen LogP contribution in [-0.4, -0.2) is 38.1 Å². The molecule has 0 aliphatic rings. The van der Waals surface area contributed by atoms with Gasteiger partial charge in [0.1, 0.15) is 18.0 Å². The number of fused-ring (bicyclic) bond motifs is 3. The van der Waals surface area contributed by atoms with Gasteiger partial charge in [0.15, 0.2) is 5.58 Å². The first-order chi connectivity index (χ1) is 10.5. The molecule has 0 bridgehead atoms. The maximum Gasteiger partial charge on any atom is 0.286 e. The van der Waals surface area contributed by atoms with E-state index < -0.39 is 5.91 Å². The van der Waals surface area contributed by atoms with Gasteiger partial charge in [0.25, 0.3) is 5.91 Å². The van der Waals surface area contributed by atoms with E-state index in [4.69, 9.17) is 20.6 Å². The van der Waals surface area contributed by atoms with Crippen molar-refractivity contribution in [3.8, 4) is 5.75 Å². The average Bonchev–Trinajstić information content (AvgIpc) is 2.95. The molecule has 0 saturated heterocycles. The Morgan fingerprint density at radius 2 is 2.18 bits per heavy atom. The summed E-state index contributed by atoms with van der Waals surface area (Å²) >= 11 is 1.46. The van der Waals surface area contributed by atoms with Crippen LogP contribution in [0, 0.1) is 0 Å². The molecule has 0 aliphatic carbocycles. The second kappa shape index (κ2) is 5.51. The number of anilines is 1. The molecule has 0 unspecified atom stereocenters. The van der Waals surface area contributed by atoms with Gasteiger partial charge in [0.2, 0.25) is 5.76 Å². The minimum atomic E-state index is -0.655. The number of primary amides is 1. The number of benzene rings is 1. The Morgan fingerprint density at radius 1 is 1.41 bits per heavy atom. The first-order valence-electron chi connectivity index (χ1n) is 6.79. The maximum atomic E-state index is 11.3. The van der Waals surface area contributed by atoms with Crippen LogP contribution in [0.2, 0.25) is 0 Å². The molecule has 116 valence electrons. The van der Waals surface area contributed by atoms with E-state index in [1.54, 1.807) is 0 Å². The maximum absolute atomic E-state index is 11.3. The highest BCUT2D eigenvalue weighted by atomic mass is 32.1. The molecule has 0 aliphatic heterocycles. The van der Waals surface area contributed by atoms with E-state index in [9.17, 15) is 4.79 Å². The zero-order valence-electron chi connectivity index (χ0n) is 12.4. The average molecular weight is 319 g/mol. The van der Waals surface area contributed by atoms with Gasteiger partial charge in [-0.25, -0.2) is 0 Å². The highest BCUT2D eigenvalue weighted by molar-refractivity contribution is 7.26. The number of nitrogens with two attached hydrogens (primary N) is 2. The highest BCUT2D eigenvalue weighted by Gasteiger charge is 2.20. The molecule has 2 heterocycles. The number of hydrogen-bond acceptors (Lipinski definition) is 6. The zero-order valence-corrected chi connectivity index (χ0v) is 13.2. The van der Waals surface area contributed by atoms with Gasteiger partial charge < -0.3 is 25.5 Å². The predicted octanol–water partition coefficient (Wildman–Crippen LogP) is 2.27.